The van der Waals surface area contributed by atoms with E-state index in [4.69, 9.17) is 0 Å². The van der Waals surface area contributed by atoms with Gasteiger partial charge in [0.05, 0.1) is 0 Å². The molecule has 0 amide bonds. The average molecular weight is 197 g/mol. The summed E-state index contributed by atoms with van der Waals surface area (Å²) in [6.45, 7) is 3.05. The normalized spacial score (nSPS) is 11.3. The summed E-state index contributed by atoms with van der Waals surface area (Å²) in [5.74, 6) is 0. The van der Waals surface area contributed by atoms with Gasteiger partial charge in [-0.1, -0.05) is 49.4 Å². The third-order valence-electron chi connectivity index (χ3n) is 2.41. The van der Waals surface area contributed by atoms with Crippen LogP contribution in [0.2, 0.25) is 0 Å². The monoisotopic (exact) mass is 197 g/mol. The van der Waals surface area contributed by atoms with E-state index in [1.807, 2.05) is 6.21 Å². The summed E-state index contributed by atoms with van der Waals surface area (Å²) in [5, 5.41) is 2.55. The van der Waals surface area contributed by atoms with E-state index in [9.17, 15) is 0 Å². The van der Waals surface area contributed by atoms with Crippen molar-refractivity contribution in [1.82, 2.24) is 0 Å². The summed E-state index contributed by atoms with van der Waals surface area (Å²) in [6.07, 6.45) is 3.08. The zero-order valence-electron chi connectivity index (χ0n) is 8.98. The second-order valence-corrected chi connectivity index (χ2v) is 3.60. The fraction of sp³-hybridized carbons (Fsp3) is 0.214. The highest BCUT2D eigenvalue weighted by molar-refractivity contribution is 5.99. The van der Waals surface area contributed by atoms with Crippen molar-refractivity contribution in [3.63, 3.8) is 0 Å². The molecular formula is C14H15N. The zero-order valence-corrected chi connectivity index (χ0v) is 8.98. The first-order chi connectivity index (χ1) is 7.42. The third-order valence-corrected chi connectivity index (χ3v) is 2.41. The van der Waals surface area contributed by atoms with Crippen LogP contribution < -0.4 is 0 Å². The molecule has 0 atom stereocenters. The molecule has 76 valence electrons. The Hall–Kier alpha value is -1.63. The van der Waals surface area contributed by atoms with Gasteiger partial charge in [-0.2, -0.15) is 0 Å². The molecule has 15 heavy (non-hydrogen) atoms. The highest BCUT2D eigenvalue weighted by atomic mass is 14.7. The van der Waals surface area contributed by atoms with E-state index < -0.39 is 0 Å². The van der Waals surface area contributed by atoms with E-state index in [0.717, 1.165) is 13.0 Å². The number of benzene rings is 2. The molecule has 2 aromatic carbocycles. The van der Waals surface area contributed by atoms with Crippen molar-refractivity contribution < 1.29 is 0 Å². The third kappa shape index (κ3) is 2.24. The van der Waals surface area contributed by atoms with Crippen molar-refractivity contribution in [3.8, 4) is 0 Å². The van der Waals surface area contributed by atoms with E-state index in [2.05, 4.69) is 54.4 Å². The van der Waals surface area contributed by atoms with Crippen LogP contribution in [0.1, 0.15) is 18.9 Å². The summed E-state index contributed by atoms with van der Waals surface area (Å²) in [4.78, 5) is 4.39. The smallest absolute Gasteiger partial charge is 0.0386 e. The predicted molar refractivity (Wildman–Crippen MR) is 66.7 cm³/mol. The van der Waals surface area contributed by atoms with Crippen LogP contribution in [0.5, 0.6) is 0 Å². The molecular weight excluding hydrogens is 182 g/mol. The van der Waals surface area contributed by atoms with Crippen LogP contribution in [-0.4, -0.2) is 12.8 Å². The van der Waals surface area contributed by atoms with Gasteiger partial charge in [-0.3, -0.25) is 4.99 Å². The zero-order chi connectivity index (χ0) is 10.5. The topological polar surface area (TPSA) is 12.4 Å². The van der Waals surface area contributed by atoms with Gasteiger partial charge in [-0.15, -0.1) is 0 Å². The van der Waals surface area contributed by atoms with Crippen LogP contribution >= 0.6 is 0 Å². The molecule has 0 aliphatic rings. The minimum Gasteiger partial charge on any atom is -0.293 e. The Balaban J connectivity index is 2.42. The minimum atomic E-state index is 0.906. The molecule has 1 nitrogen and oxygen atoms in total. The van der Waals surface area contributed by atoms with E-state index in [1.165, 1.54) is 16.3 Å². The van der Waals surface area contributed by atoms with Crippen LogP contribution in [0.15, 0.2) is 47.5 Å². The number of fused-ring (bicyclic) bond motifs is 1. The summed E-state index contributed by atoms with van der Waals surface area (Å²) < 4.78 is 0. The van der Waals surface area contributed by atoms with Crippen molar-refractivity contribution in [2.45, 2.75) is 13.3 Å². The number of nitrogens with zero attached hydrogens (tertiary/aromatic N) is 1. The molecule has 2 rings (SSSR count). The highest BCUT2D eigenvalue weighted by Gasteiger charge is 1.95. The van der Waals surface area contributed by atoms with Gasteiger partial charge in [0.2, 0.25) is 0 Å². The largest absolute Gasteiger partial charge is 0.293 e. The van der Waals surface area contributed by atoms with E-state index in [0.29, 0.717) is 0 Å². The lowest BCUT2D eigenvalue weighted by atomic mass is 10.1. The van der Waals surface area contributed by atoms with Crippen LogP contribution in [-0.2, 0) is 0 Å². The molecule has 0 radical (unpaired) electrons. The minimum absolute atomic E-state index is 0.906. The molecule has 0 heterocycles. The summed E-state index contributed by atoms with van der Waals surface area (Å²) in [6, 6.07) is 14.7. The van der Waals surface area contributed by atoms with Gasteiger partial charge in [-0.25, -0.2) is 0 Å². The maximum Gasteiger partial charge on any atom is 0.0386 e. The number of rotatable bonds is 3. The molecule has 1 heteroatoms. The van der Waals surface area contributed by atoms with Crippen LogP contribution in [0, 0.1) is 0 Å². The number of hydrogen-bond acceptors (Lipinski definition) is 1. The quantitative estimate of drug-likeness (QED) is 0.666. The molecule has 0 N–H and O–H groups in total. The lowest BCUT2D eigenvalue weighted by Gasteiger charge is -2.00. The van der Waals surface area contributed by atoms with Gasteiger partial charge in [0.15, 0.2) is 0 Å². The Morgan fingerprint density at radius 2 is 1.87 bits per heavy atom. The molecule has 0 aromatic heterocycles. The molecule has 0 fully saturated rings. The lowest BCUT2D eigenvalue weighted by Crippen LogP contribution is -1.85. The molecule has 0 aliphatic heterocycles. The van der Waals surface area contributed by atoms with Gasteiger partial charge >= 0.3 is 0 Å². The van der Waals surface area contributed by atoms with Crippen LogP contribution in [0.3, 0.4) is 0 Å². The van der Waals surface area contributed by atoms with Crippen molar-refractivity contribution in [2.24, 2.45) is 4.99 Å². The van der Waals surface area contributed by atoms with Gasteiger partial charge in [0.1, 0.15) is 0 Å². The number of hydrogen-bond donors (Lipinski definition) is 0. The molecule has 2 aromatic rings. The fourth-order valence-electron chi connectivity index (χ4n) is 1.66. The van der Waals surface area contributed by atoms with E-state index in [-0.39, 0.29) is 0 Å². The van der Waals surface area contributed by atoms with Crippen molar-refractivity contribution in [3.05, 3.63) is 48.0 Å². The van der Waals surface area contributed by atoms with E-state index >= 15 is 0 Å². The van der Waals surface area contributed by atoms with Crippen molar-refractivity contribution in [1.29, 1.82) is 0 Å². The predicted octanol–water partition coefficient (Wildman–Crippen LogP) is 3.67. The first kappa shape index (κ1) is 9.91. The van der Waals surface area contributed by atoms with Gasteiger partial charge in [-0.05, 0) is 17.2 Å². The summed E-state index contributed by atoms with van der Waals surface area (Å²) in [5.41, 5.74) is 1.21. The number of aliphatic imine (C=N–C) groups is 1. The first-order valence-corrected chi connectivity index (χ1v) is 5.39. The Labute approximate surface area is 90.5 Å². The SMILES string of the molecule is CCCN=Cc1cccc2ccccc12. The van der Waals surface area contributed by atoms with Crippen molar-refractivity contribution in [2.75, 3.05) is 6.54 Å². The highest BCUT2D eigenvalue weighted by Crippen LogP contribution is 2.16. The molecule has 0 bridgehead atoms. The maximum absolute atomic E-state index is 4.39. The Morgan fingerprint density at radius 3 is 2.73 bits per heavy atom. The average Bonchev–Trinajstić information content (AvgIpc) is 2.30. The Morgan fingerprint density at radius 1 is 1.07 bits per heavy atom. The Bertz CT molecular complexity index is 466. The summed E-state index contributed by atoms with van der Waals surface area (Å²) in [7, 11) is 0. The van der Waals surface area contributed by atoms with Gasteiger partial charge in [0, 0.05) is 18.3 Å². The van der Waals surface area contributed by atoms with Crippen LogP contribution in [0.4, 0.5) is 0 Å². The first-order valence-electron chi connectivity index (χ1n) is 5.39. The van der Waals surface area contributed by atoms with Gasteiger partial charge < -0.3 is 0 Å². The van der Waals surface area contributed by atoms with Crippen LogP contribution in [0.25, 0.3) is 10.8 Å². The molecule has 0 saturated heterocycles. The second kappa shape index (κ2) is 4.74. The fourth-order valence-corrected chi connectivity index (χ4v) is 1.66. The lowest BCUT2D eigenvalue weighted by molar-refractivity contribution is 0.937. The molecule has 0 aliphatic carbocycles. The standard InChI is InChI=1S/C14H15N/c1-2-10-15-11-13-8-5-7-12-6-3-4-9-14(12)13/h3-9,11H,2,10H2,1H3. The summed E-state index contributed by atoms with van der Waals surface area (Å²) >= 11 is 0. The molecule has 0 spiro atoms. The second-order valence-electron chi connectivity index (χ2n) is 3.60. The van der Waals surface area contributed by atoms with Crippen molar-refractivity contribution >= 4 is 17.0 Å². The molecule has 0 unspecified atom stereocenters. The maximum atomic E-state index is 4.39. The molecule has 0 saturated carbocycles. The Kier molecular flexibility index (Phi) is 3.13. The van der Waals surface area contributed by atoms with Gasteiger partial charge in [0.25, 0.3) is 0 Å². The van der Waals surface area contributed by atoms with E-state index in [1.54, 1.807) is 0 Å².